The number of anilines is 2. The molecule has 5 nitrogen and oxygen atoms in total. The number of rotatable bonds is 7. The lowest BCUT2D eigenvalue weighted by Gasteiger charge is -2.18. The maximum atomic E-state index is 8.70. The third-order valence-corrected chi connectivity index (χ3v) is 2.98. The molecule has 0 unspecified atom stereocenters. The molecule has 17 heavy (non-hydrogen) atoms. The Morgan fingerprint density at radius 2 is 2.12 bits per heavy atom. The van der Waals surface area contributed by atoms with Gasteiger partial charge in [0.05, 0.1) is 0 Å². The Morgan fingerprint density at radius 3 is 2.76 bits per heavy atom. The van der Waals surface area contributed by atoms with Crippen LogP contribution in [0.2, 0.25) is 0 Å². The predicted octanol–water partition coefficient (Wildman–Crippen LogP) is 1.38. The number of aliphatic hydroxyl groups is 1. The Morgan fingerprint density at radius 1 is 1.35 bits per heavy atom. The van der Waals surface area contributed by atoms with Crippen molar-refractivity contribution in [3.05, 3.63) is 6.07 Å². The molecule has 0 saturated heterocycles. The van der Waals surface area contributed by atoms with Gasteiger partial charge < -0.3 is 15.7 Å². The Labute approximate surface area is 106 Å². The molecule has 0 atom stereocenters. The van der Waals surface area contributed by atoms with Gasteiger partial charge in [0.1, 0.15) is 11.6 Å². The smallest absolute Gasteiger partial charge is 0.191 e. The highest BCUT2D eigenvalue weighted by atomic mass is 32.2. The van der Waals surface area contributed by atoms with E-state index in [1.807, 2.05) is 13.3 Å². The number of hydrogen-bond acceptors (Lipinski definition) is 6. The summed E-state index contributed by atoms with van der Waals surface area (Å²) in [6.45, 7) is 1.17. The molecule has 0 aliphatic heterocycles. The van der Waals surface area contributed by atoms with Crippen molar-refractivity contribution in [3.63, 3.8) is 0 Å². The third-order valence-electron chi connectivity index (χ3n) is 2.44. The van der Waals surface area contributed by atoms with Crippen molar-refractivity contribution in [2.75, 3.05) is 37.1 Å². The van der Waals surface area contributed by atoms with Crippen LogP contribution in [0, 0.1) is 0 Å². The highest BCUT2D eigenvalue weighted by Gasteiger charge is 2.06. The van der Waals surface area contributed by atoms with E-state index >= 15 is 0 Å². The summed E-state index contributed by atoms with van der Waals surface area (Å²) < 4.78 is 0. The van der Waals surface area contributed by atoms with Gasteiger partial charge in [-0.25, -0.2) is 9.97 Å². The number of unbranched alkanes of at least 4 members (excludes halogenated alkanes) is 2. The van der Waals surface area contributed by atoms with E-state index < -0.39 is 0 Å². The average molecular weight is 256 g/mol. The lowest BCUT2D eigenvalue weighted by Crippen LogP contribution is -2.20. The van der Waals surface area contributed by atoms with Crippen LogP contribution >= 0.6 is 11.8 Å². The van der Waals surface area contributed by atoms with E-state index in [4.69, 9.17) is 10.8 Å². The molecule has 6 heteroatoms. The molecule has 1 heterocycles. The van der Waals surface area contributed by atoms with E-state index in [-0.39, 0.29) is 6.61 Å². The van der Waals surface area contributed by atoms with E-state index in [1.54, 1.807) is 6.07 Å². The number of hydrogen-bond donors (Lipinski definition) is 2. The first-order valence-corrected chi connectivity index (χ1v) is 6.90. The molecule has 1 aromatic heterocycles. The minimum atomic E-state index is 0.265. The second-order valence-electron chi connectivity index (χ2n) is 3.84. The fourth-order valence-corrected chi connectivity index (χ4v) is 1.85. The van der Waals surface area contributed by atoms with E-state index in [1.165, 1.54) is 11.8 Å². The van der Waals surface area contributed by atoms with Crippen molar-refractivity contribution < 1.29 is 5.11 Å². The van der Waals surface area contributed by atoms with Gasteiger partial charge in [-0.3, -0.25) is 0 Å². The van der Waals surface area contributed by atoms with Crippen molar-refractivity contribution in [2.24, 2.45) is 0 Å². The second-order valence-corrected chi connectivity index (χ2v) is 4.62. The van der Waals surface area contributed by atoms with Crippen molar-refractivity contribution in [3.8, 4) is 0 Å². The van der Waals surface area contributed by atoms with Gasteiger partial charge in [0.15, 0.2) is 5.16 Å². The number of nitrogens with two attached hydrogens (primary N) is 1. The van der Waals surface area contributed by atoms with Gasteiger partial charge in [-0.05, 0) is 25.5 Å². The molecule has 0 aliphatic rings. The lowest BCUT2D eigenvalue weighted by molar-refractivity contribution is 0.283. The molecular weight excluding hydrogens is 236 g/mol. The molecule has 0 saturated carbocycles. The van der Waals surface area contributed by atoms with Crippen molar-refractivity contribution >= 4 is 23.4 Å². The molecule has 0 aliphatic carbocycles. The van der Waals surface area contributed by atoms with Gasteiger partial charge in [0.2, 0.25) is 0 Å². The zero-order valence-electron chi connectivity index (χ0n) is 10.4. The van der Waals surface area contributed by atoms with Crippen LogP contribution < -0.4 is 10.6 Å². The average Bonchev–Trinajstić information content (AvgIpc) is 2.33. The molecule has 0 spiro atoms. The monoisotopic (exact) mass is 256 g/mol. The largest absolute Gasteiger partial charge is 0.396 e. The number of thioether (sulfide) groups is 1. The number of aliphatic hydroxyl groups excluding tert-OH is 1. The van der Waals surface area contributed by atoms with Gasteiger partial charge in [0, 0.05) is 26.3 Å². The maximum absolute atomic E-state index is 8.70. The van der Waals surface area contributed by atoms with Crippen LogP contribution in [0.3, 0.4) is 0 Å². The summed E-state index contributed by atoms with van der Waals surface area (Å²) in [5.74, 6) is 1.35. The highest BCUT2D eigenvalue weighted by molar-refractivity contribution is 7.98. The first kappa shape index (κ1) is 14.1. The van der Waals surface area contributed by atoms with E-state index in [0.29, 0.717) is 11.0 Å². The van der Waals surface area contributed by atoms with E-state index in [2.05, 4.69) is 14.9 Å². The van der Waals surface area contributed by atoms with Gasteiger partial charge in [-0.1, -0.05) is 11.8 Å². The maximum Gasteiger partial charge on any atom is 0.191 e. The normalized spacial score (nSPS) is 10.5. The highest BCUT2D eigenvalue weighted by Crippen LogP contribution is 2.18. The van der Waals surface area contributed by atoms with Crippen LogP contribution in [-0.2, 0) is 0 Å². The van der Waals surface area contributed by atoms with E-state index in [9.17, 15) is 0 Å². The lowest BCUT2D eigenvalue weighted by atomic mass is 10.2. The third kappa shape index (κ3) is 4.79. The first-order valence-electron chi connectivity index (χ1n) is 5.68. The Bertz CT molecular complexity index is 348. The summed E-state index contributed by atoms with van der Waals surface area (Å²) in [5, 5.41) is 9.40. The van der Waals surface area contributed by atoms with Crippen molar-refractivity contribution in [2.45, 2.75) is 24.4 Å². The minimum Gasteiger partial charge on any atom is -0.396 e. The molecular formula is C11H20N4OS. The first-order chi connectivity index (χ1) is 8.17. The Balaban J connectivity index is 2.55. The van der Waals surface area contributed by atoms with Crippen molar-refractivity contribution in [1.29, 1.82) is 0 Å². The summed E-state index contributed by atoms with van der Waals surface area (Å²) >= 11 is 1.48. The molecule has 0 bridgehead atoms. The molecule has 3 N–H and O–H groups in total. The van der Waals surface area contributed by atoms with E-state index in [0.717, 1.165) is 31.6 Å². The van der Waals surface area contributed by atoms with Gasteiger partial charge in [-0.2, -0.15) is 0 Å². The fourth-order valence-electron chi connectivity index (χ4n) is 1.47. The van der Waals surface area contributed by atoms with Crippen LogP contribution in [-0.4, -0.2) is 41.5 Å². The Hall–Kier alpha value is -1.01. The number of nitrogen functional groups attached to an aromatic ring is 1. The summed E-state index contributed by atoms with van der Waals surface area (Å²) in [4.78, 5) is 10.6. The summed E-state index contributed by atoms with van der Waals surface area (Å²) in [6, 6.07) is 1.78. The van der Waals surface area contributed by atoms with Crippen LogP contribution in [0.5, 0.6) is 0 Å². The quantitative estimate of drug-likeness (QED) is 0.436. The van der Waals surface area contributed by atoms with Crippen LogP contribution in [0.25, 0.3) is 0 Å². The fraction of sp³-hybridized carbons (Fsp3) is 0.636. The zero-order chi connectivity index (χ0) is 12.7. The molecule has 96 valence electrons. The van der Waals surface area contributed by atoms with Gasteiger partial charge in [-0.15, -0.1) is 0 Å². The topological polar surface area (TPSA) is 75.3 Å². The molecule has 0 amide bonds. The Kier molecular flexibility index (Phi) is 6.07. The molecule has 0 aromatic carbocycles. The number of nitrogens with zero attached hydrogens (tertiary/aromatic N) is 3. The molecule has 1 aromatic rings. The van der Waals surface area contributed by atoms with Crippen LogP contribution in [0.15, 0.2) is 11.2 Å². The van der Waals surface area contributed by atoms with Gasteiger partial charge >= 0.3 is 0 Å². The summed E-state index contributed by atoms with van der Waals surface area (Å²) in [5.41, 5.74) is 5.72. The van der Waals surface area contributed by atoms with Gasteiger partial charge in [0.25, 0.3) is 0 Å². The van der Waals surface area contributed by atoms with Crippen LogP contribution in [0.1, 0.15) is 19.3 Å². The minimum absolute atomic E-state index is 0.265. The standard InChI is InChI=1S/C11H20N4OS/c1-15(6-4-3-5-7-16)10-8-9(12)13-11(14-10)17-2/h8,16H,3-7H2,1-2H3,(H2,12,13,14). The molecule has 0 fully saturated rings. The SMILES string of the molecule is CSc1nc(N)cc(N(C)CCCCCO)n1. The molecule has 0 radical (unpaired) electrons. The van der Waals surface area contributed by atoms with Crippen molar-refractivity contribution in [1.82, 2.24) is 9.97 Å². The second kappa shape index (κ2) is 7.34. The summed E-state index contributed by atoms with van der Waals surface area (Å²) in [6.07, 6.45) is 4.85. The zero-order valence-corrected chi connectivity index (χ0v) is 11.2. The summed E-state index contributed by atoms with van der Waals surface area (Å²) in [7, 11) is 1.99. The molecule has 1 rings (SSSR count). The van der Waals surface area contributed by atoms with Crippen LogP contribution in [0.4, 0.5) is 11.6 Å². The number of aromatic nitrogens is 2. The predicted molar refractivity (Wildman–Crippen MR) is 72.4 cm³/mol.